The predicted octanol–water partition coefficient (Wildman–Crippen LogP) is 5.44. The summed E-state index contributed by atoms with van der Waals surface area (Å²) in [5.41, 5.74) is 8.84. The lowest BCUT2D eigenvalue weighted by molar-refractivity contribution is -0.139. The molecule has 1 saturated carbocycles. The normalized spacial score (nSPS) is 16.7. The number of nitrogens with zero attached hydrogens (tertiary/aromatic N) is 1. The van der Waals surface area contributed by atoms with E-state index in [1.54, 1.807) is 43.3 Å². The van der Waals surface area contributed by atoms with Gasteiger partial charge in [-0.15, -0.1) is 11.3 Å². The van der Waals surface area contributed by atoms with Gasteiger partial charge in [-0.1, -0.05) is 30.7 Å². The summed E-state index contributed by atoms with van der Waals surface area (Å²) in [5, 5.41) is 27.8. The van der Waals surface area contributed by atoms with Crippen LogP contribution in [-0.2, 0) is 4.79 Å². The number of urea groups is 1. The van der Waals surface area contributed by atoms with E-state index in [2.05, 4.69) is 0 Å². The lowest BCUT2D eigenvalue weighted by Gasteiger charge is -2.33. The molecular weight excluding hydrogens is 536 g/mol. The number of rotatable bonds is 10. The van der Waals surface area contributed by atoms with Crippen molar-refractivity contribution in [3.8, 4) is 16.2 Å². The van der Waals surface area contributed by atoms with Gasteiger partial charge in [-0.05, 0) is 73.4 Å². The summed E-state index contributed by atoms with van der Waals surface area (Å²) in [7, 11) is 0. The van der Waals surface area contributed by atoms with Gasteiger partial charge in [0.15, 0.2) is 11.5 Å². The van der Waals surface area contributed by atoms with E-state index >= 15 is 0 Å². The Morgan fingerprint density at radius 1 is 1.02 bits per heavy atom. The number of ether oxygens (including phenoxy) is 1. The molecule has 1 aliphatic carbocycles. The first-order chi connectivity index (χ1) is 19.0. The lowest BCUT2D eigenvalue weighted by Crippen LogP contribution is -2.40. The van der Waals surface area contributed by atoms with Crippen LogP contribution in [0.15, 0.2) is 48.5 Å². The molecule has 1 fully saturated rings. The van der Waals surface area contributed by atoms with Gasteiger partial charge in [-0.25, -0.2) is 19.2 Å². The van der Waals surface area contributed by atoms with E-state index in [-0.39, 0.29) is 28.0 Å². The fraction of sp³-hybridized carbons (Fsp3) is 0.310. The Hall–Kier alpha value is -4.38. The molecule has 10 nitrogen and oxygen atoms in total. The largest absolute Gasteiger partial charge is 0.480 e. The molecule has 40 heavy (non-hydrogen) atoms. The van der Waals surface area contributed by atoms with Crippen molar-refractivity contribution in [1.82, 2.24) is 0 Å². The third-order valence-electron chi connectivity index (χ3n) is 7.16. The van der Waals surface area contributed by atoms with E-state index in [0.717, 1.165) is 42.6 Å². The number of hydrogen-bond acceptors (Lipinski definition) is 6. The van der Waals surface area contributed by atoms with Crippen LogP contribution in [0, 0.1) is 12.8 Å². The zero-order valence-electron chi connectivity index (χ0n) is 21.8. The predicted molar refractivity (Wildman–Crippen MR) is 150 cm³/mol. The van der Waals surface area contributed by atoms with Crippen molar-refractivity contribution in [1.29, 1.82) is 0 Å². The maximum Gasteiger partial charge on any atom is 0.349 e. The highest BCUT2D eigenvalue weighted by molar-refractivity contribution is 7.18. The van der Waals surface area contributed by atoms with Gasteiger partial charge in [0.05, 0.1) is 5.56 Å². The van der Waals surface area contributed by atoms with Crippen molar-refractivity contribution in [2.75, 3.05) is 18.1 Å². The number of thiophene rings is 1. The minimum Gasteiger partial charge on any atom is -0.480 e. The van der Waals surface area contributed by atoms with Crippen molar-refractivity contribution >= 4 is 41.0 Å². The Morgan fingerprint density at radius 3 is 2.38 bits per heavy atom. The van der Waals surface area contributed by atoms with Crippen LogP contribution < -0.4 is 15.4 Å². The molecule has 0 aliphatic heterocycles. The standard InChI is InChI=1S/C29H30N2O8S/c1-16-24(39-15-23(32)33)26(28(36)37)40-25(16)21-6-3-7-22(13-21)31(29(30)38)14-17-4-2-5-20(12-17)18-8-10-19(11-9-18)27(34)35/h3,6-11,13,17,20H,2,4-5,12,14-15H2,1H3,(H2,30,38)(H,32,33)(H,34,35)(H,36,37). The highest BCUT2D eigenvalue weighted by Gasteiger charge is 2.28. The number of amides is 2. The molecular formula is C29H30N2O8S. The second-order valence-corrected chi connectivity index (χ2v) is 10.9. The SMILES string of the molecule is Cc1c(-c2cccc(N(CC3CCCC(c4ccc(C(=O)O)cc4)C3)C(N)=O)c2)sc(C(=O)O)c1OCC(=O)O. The van der Waals surface area contributed by atoms with Crippen LogP contribution in [0.2, 0.25) is 0 Å². The van der Waals surface area contributed by atoms with Gasteiger partial charge in [-0.2, -0.15) is 0 Å². The number of hydrogen-bond donors (Lipinski definition) is 4. The Kier molecular flexibility index (Phi) is 8.73. The Labute approximate surface area is 234 Å². The van der Waals surface area contributed by atoms with E-state index in [1.165, 1.54) is 4.90 Å². The topological polar surface area (TPSA) is 167 Å². The van der Waals surface area contributed by atoms with Crippen LogP contribution in [0.3, 0.4) is 0 Å². The first-order valence-corrected chi connectivity index (χ1v) is 13.6. The molecule has 1 heterocycles. The Bertz CT molecular complexity index is 1430. The monoisotopic (exact) mass is 566 g/mol. The smallest absolute Gasteiger partial charge is 0.349 e. The zero-order valence-corrected chi connectivity index (χ0v) is 22.6. The highest BCUT2D eigenvalue weighted by Crippen LogP contribution is 2.43. The summed E-state index contributed by atoms with van der Waals surface area (Å²) in [6, 6.07) is 13.4. The fourth-order valence-corrected chi connectivity index (χ4v) is 6.36. The van der Waals surface area contributed by atoms with Crippen LogP contribution in [0.5, 0.6) is 5.75 Å². The van der Waals surface area contributed by atoms with Crippen LogP contribution >= 0.6 is 11.3 Å². The Balaban J connectivity index is 1.56. The summed E-state index contributed by atoms with van der Waals surface area (Å²) >= 11 is 0.975. The maximum absolute atomic E-state index is 12.6. The van der Waals surface area contributed by atoms with Crippen molar-refractivity contribution < 1.29 is 39.2 Å². The molecule has 2 aromatic carbocycles. The molecule has 2 unspecified atom stereocenters. The summed E-state index contributed by atoms with van der Waals surface area (Å²) in [6.07, 6.45) is 3.69. The van der Waals surface area contributed by atoms with Crippen molar-refractivity contribution in [3.63, 3.8) is 0 Å². The number of carboxylic acids is 3. The molecule has 11 heteroatoms. The zero-order chi connectivity index (χ0) is 29.0. The third-order valence-corrected chi connectivity index (χ3v) is 8.47. The molecule has 2 atom stereocenters. The molecule has 1 aliphatic rings. The summed E-state index contributed by atoms with van der Waals surface area (Å²) in [5.74, 6) is -2.98. The molecule has 0 saturated heterocycles. The van der Waals surface area contributed by atoms with Gasteiger partial charge in [0, 0.05) is 22.7 Å². The van der Waals surface area contributed by atoms with E-state index in [1.807, 2.05) is 12.1 Å². The first kappa shape index (κ1) is 28.6. The average Bonchev–Trinajstić information content (AvgIpc) is 3.27. The molecule has 3 aromatic rings. The maximum atomic E-state index is 12.6. The minimum atomic E-state index is -1.22. The second-order valence-electron chi connectivity index (χ2n) is 9.86. The molecule has 2 amide bonds. The van der Waals surface area contributed by atoms with E-state index < -0.39 is 30.5 Å². The molecule has 5 N–H and O–H groups in total. The van der Waals surface area contributed by atoms with Crippen LogP contribution in [-0.4, -0.2) is 52.4 Å². The summed E-state index contributed by atoms with van der Waals surface area (Å²) in [4.78, 5) is 48.6. The molecule has 0 radical (unpaired) electrons. The van der Waals surface area contributed by atoms with Gasteiger partial charge in [0.25, 0.3) is 0 Å². The molecule has 4 rings (SSSR count). The number of carboxylic acid groups (broad SMARTS) is 3. The van der Waals surface area contributed by atoms with Gasteiger partial charge in [-0.3, -0.25) is 4.90 Å². The van der Waals surface area contributed by atoms with Gasteiger partial charge < -0.3 is 25.8 Å². The number of aromatic carboxylic acids is 2. The number of aliphatic carboxylic acids is 1. The third kappa shape index (κ3) is 6.42. The van der Waals surface area contributed by atoms with Gasteiger partial charge >= 0.3 is 23.9 Å². The lowest BCUT2D eigenvalue weighted by atomic mass is 9.77. The number of nitrogens with two attached hydrogens (primary N) is 1. The number of carbonyl (C=O) groups is 4. The van der Waals surface area contributed by atoms with Crippen molar-refractivity contribution in [3.05, 3.63) is 70.1 Å². The van der Waals surface area contributed by atoms with E-state index in [0.29, 0.717) is 28.2 Å². The molecule has 1 aromatic heterocycles. The fourth-order valence-electron chi connectivity index (χ4n) is 5.28. The van der Waals surface area contributed by atoms with Gasteiger partial charge in [0.2, 0.25) is 0 Å². The summed E-state index contributed by atoms with van der Waals surface area (Å²) < 4.78 is 5.29. The van der Waals surface area contributed by atoms with Gasteiger partial charge in [0.1, 0.15) is 5.75 Å². The number of benzene rings is 2. The highest BCUT2D eigenvalue weighted by atomic mass is 32.1. The van der Waals surface area contributed by atoms with E-state index in [9.17, 15) is 29.4 Å². The number of carbonyl (C=O) groups excluding carboxylic acids is 1. The van der Waals surface area contributed by atoms with Crippen LogP contribution in [0.25, 0.3) is 10.4 Å². The quantitative estimate of drug-likeness (QED) is 0.251. The summed E-state index contributed by atoms with van der Waals surface area (Å²) in [6.45, 7) is 1.40. The molecule has 0 spiro atoms. The minimum absolute atomic E-state index is 0.0108. The van der Waals surface area contributed by atoms with Crippen molar-refractivity contribution in [2.24, 2.45) is 11.7 Å². The van der Waals surface area contributed by atoms with Crippen LogP contribution in [0.4, 0.5) is 10.5 Å². The van der Waals surface area contributed by atoms with Crippen molar-refractivity contribution in [2.45, 2.75) is 38.5 Å². The second kappa shape index (κ2) is 12.2. The molecule has 210 valence electrons. The number of anilines is 1. The first-order valence-electron chi connectivity index (χ1n) is 12.8. The van der Waals surface area contributed by atoms with Crippen LogP contribution in [0.1, 0.15) is 62.8 Å². The average molecular weight is 567 g/mol. The molecule has 0 bridgehead atoms. The Morgan fingerprint density at radius 2 is 1.75 bits per heavy atom. The number of primary amides is 1. The van der Waals surface area contributed by atoms with E-state index in [4.69, 9.17) is 15.6 Å².